The molecule has 0 bridgehead atoms. The molecule has 10 heavy (non-hydrogen) atoms. The highest BCUT2D eigenvalue weighted by Crippen LogP contribution is 1.67. The Balaban J connectivity index is 3.36. The van der Waals surface area contributed by atoms with Crippen LogP contribution in [0.15, 0.2) is 12.7 Å². The van der Waals surface area contributed by atoms with Crippen molar-refractivity contribution in [3.63, 3.8) is 0 Å². The summed E-state index contributed by atoms with van der Waals surface area (Å²) < 4.78 is 0. The molecule has 0 radical (unpaired) electrons. The van der Waals surface area contributed by atoms with Crippen molar-refractivity contribution >= 4 is 17.5 Å². The predicted molar refractivity (Wildman–Crippen MR) is 41.7 cm³/mol. The molecule has 0 aliphatic carbocycles. The van der Waals surface area contributed by atoms with Gasteiger partial charge in [0, 0.05) is 0 Å². The molecule has 0 aromatic heterocycles. The third-order valence-corrected chi connectivity index (χ3v) is 0.862. The van der Waals surface area contributed by atoms with E-state index in [1.165, 1.54) is 6.08 Å². The molecular weight excluding hydrogens is 150 g/mol. The molecule has 0 rings (SSSR count). The van der Waals surface area contributed by atoms with Crippen LogP contribution < -0.4 is 5.32 Å². The van der Waals surface area contributed by atoms with Gasteiger partial charge in [-0.2, -0.15) is 0 Å². The van der Waals surface area contributed by atoms with Crippen LogP contribution in [0, 0.1) is 11.8 Å². The Labute approximate surface area is 65.3 Å². The molecule has 1 amide bonds. The van der Waals surface area contributed by atoms with E-state index >= 15 is 0 Å². The Hall–Kier alpha value is -0.940. The maximum absolute atomic E-state index is 10.4. The van der Waals surface area contributed by atoms with Gasteiger partial charge in [0.1, 0.15) is 0 Å². The Bertz CT molecular complexity index is 178. The van der Waals surface area contributed by atoms with Gasteiger partial charge in [-0.25, -0.2) is 0 Å². The van der Waals surface area contributed by atoms with E-state index < -0.39 is 0 Å². The molecule has 54 valence electrons. The number of rotatable bonds is 2. The van der Waals surface area contributed by atoms with Gasteiger partial charge in [0.2, 0.25) is 5.91 Å². The molecule has 0 aromatic rings. The molecule has 0 aromatic carbocycles. The van der Waals surface area contributed by atoms with Crippen molar-refractivity contribution in [2.45, 2.75) is 0 Å². The molecule has 0 fully saturated rings. The Kier molecular flexibility index (Phi) is 5.60. The molecule has 3 heteroatoms. The van der Waals surface area contributed by atoms with Crippen LogP contribution in [0.4, 0.5) is 0 Å². The molecule has 0 aliphatic rings. The zero-order valence-corrected chi connectivity index (χ0v) is 6.24. The molecule has 0 aliphatic heterocycles. The molecule has 0 spiro atoms. The lowest BCUT2D eigenvalue weighted by atomic mass is 10.5. The summed E-state index contributed by atoms with van der Waals surface area (Å²) in [5.41, 5.74) is 0. The summed E-state index contributed by atoms with van der Waals surface area (Å²) in [5.74, 6) is 5.31. The van der Waals surface area contributed by atoms with Crippen LogP contribution in [0.1, 0.15) is 0 Å². The van der Waals surface area contributed by atoms with Crippen molar-refractivity contribution in [1.82, 2.24) is 5.32 Å². The normalized spacial score (nSPS) is 7.30. The largest absolute Gasteiger partial charge is 0.342 e. The fourth-order valence-electron chi connectivity index (χ4n) is 0.313. The van der Waals surface area contributed by atoms with E-state index in [1.54, 1.807) is 0 Å². The maximum atomic E-state index is 10.4. The molecule has 0 saturated heterocycles. The SMILES string of the molecule is C=CC(=O)NCC#CCCl. The van der Waals surface area contributed by atoms with Gasteiger partial charge in [-0.3, -0.25) is 4.79 Å². The van der Waals surface area contributed by atoms with Crippen LogP contribution >= 0.6 is 11.6 Å². The lowest BCUT2D eigenvalue weighted by molar-refractivity contribution is -0.116. The minimum absolute atomic E-state index is 0.219. The molecule has 0 atom stereocenters. The van der Waals surface area contributed by atoms with Crippen LogP contribution in [-0.2, 0) is 4.79 Å². The standard InChI is InChI=1S/C7H8ClNO/c1-2-7(10)9-6-4-3-5-8/h2H,1,5-6H2,(H,9,10). The minimum Gasteiger partial charge on any atom is -0.342 e. The van der Waals surface area contributed by atoms with Gasteiger partial charge >= 0.3 is 0 Å². The van der Waals surface area contributed by atoms with E-state index in [9.17, 15) is 4.79 Å². The third kappa shape index (κ3) is 5.20. The average Bonchev–Trinajstić information content (AvgIpc) is 1.98. The fourth-order valence-corrected chi connectivity index (χ4v) is 0.408. The second-order valence-corrected chi connectivity index (χ2v) is 1.68. The van der Waals surface area contributed by atoms with Crippen LogP contribution in [0.3, 0.4) is 0 Å². The van der Waals surface area contributed by atoms with Crippen molar-refractivity contribution in [3.05, 3.63) is 12.7 Å². The molecule has 0 saturated carbocycles. The number of carbonyl (C=O) groups is 1. The topological polar surface area (TPSA) is 29.1 Å². The summed E-state index contributed by atoms with van der Waals surface area (Å²) in [5, 5.41) is 2.48. The van der Waals surface area contributed by atoms with Crippen molar-refractivity contribution in [2.24, 2.45) is 0 Å². The molecule has 1 N–H and O–H groups in total. The van der Waals surface area contributed by atoms with E-state index in [0.29, 0.717) is 12.4 Å². The van der Waals surface area contributed by atoms with Crippen LogP contribution in [-0.4, -0.2) is 18.3 Å². The summed E-state index contributed by atoms with van der Waals surface area (Å²) in [6.07, 6.45) is 1.20. The number of halogens is 1. The number of amides is 1. The monoisotopic (exact) mass is 157 g/mol. The van der Waals surface area contributed by atoms with Crippen LogP contribution in [0.5, 0.6) is 0 Å². The van der Waals surface area contributed by atoms with Crippen LogP contribution in [0.2, 0.25) is 0 Å². The van der Waals surface area contributed by atoms with Gasteiger partial charge < -0.3 is 5.32 Å². The minimum atomic E-state index is -0.219. The number of hydrogen-bond donors (Lipinski definition) is 1. The molecule has 0 unspecified atom stereocenters. The van der Waals surface area contributed by atoms with E-state index in [1.807, 2.05) is 0 Å². The summed E-state index contributed by atoms with van der Waals surface area (Å²) in [6.45, 7) is 3.60. The van der Waals surface area contributed by atoms with Crippen molar-refractivity contribution in [1.29, 1.82) is 0 Å². The smallest absolute Gasteiger partial charge is 0.244 e. The van der Waals surface area contributed by atoms with Crippen molar-refractivity contribution in [2.75, 3.05) is 12.4 Å². The number of alkyl halides is 1. The molecular formula is C7H8ClNO. The second kappa shape index (κ2) is 6.18. The highest BCUT2D eigenvalue weighted by atomic mass is 35.5. The quantitative estimate of drug-likeness (QED) is 0.354. The first kappa shape index (κ1) is 9.06. The van der Waals surface area contributed by atoms with E-state index in [-0.39, 0.29) is 5.91 Å². The Morgan fingerprint density at radius 3 is 2.90 bits per heavy atom. The maximum Gasteiger partial charge on any atom is 0.244 e. The van der Waals surface area contributed by atoms with E-state index in [0.717, 1.165) is 0 Å². The number of carbonyl (C=O) groups excluding carboxylic acids is 1. The van der Waals surface area contributed by atoms with Gasteiger partial charge in [0.25, 0.3) is 0 Å². The van der Waals surface area contributed by atoms with E-state index in [2.05, 4.69) is 23.7 Å². The van der Waals surface area contributed by atoms with Crippen LogP contribution in [0.25, 0.3) is 0 Å². The molecule has 2 nitrogen and oxygen atoms in total. The number of nitrogens with one attached hydrogen (secondary N) is 1. The fraction of sp³-hybridized carbons (Fsp3) is 0.286. The first-order valence-corrected chi connectivity index (χ1v) is 3.26. The first-order chi connectivity index (χ1) is 4.81. The van der Waals surface area contributed by atoms with Gasteiger partial charge in [-0.15, -0.1) is 11.6 Å². The Morgan fingerprint density at radius 2 is 2.40 bits per heavy atom. The summed E-state index contributed by atoms with van der Waals surface area (Å²) in [6, 6.07) is 0. The zero-order valence-electron chi connectivity index (χ0n) is 5.48. The van der Waals surface area contributed by atoms with E-state index in [4.69, 9.17) is 11.6 Å². The Morgan fingerprint density at radius 1 is 1.70 bits per heavy atom. The summed E-state index contributed by atoms with van der Waals surface area (Å²) in [4.78, 5) is 10.4. The predicted octanol–water partition coefficient (Wildman–Crippen LogP) is 0.531. The zero-order chi connectivity index (χ0) is 7.82. The van der Waals surface area contributed by atoms with Gasteiger partial charge in [-0.05, 0) is 6.08 Å². The van der Waals surface area contributed by atoms with Gasteiger partial charge in [0.05, 0.1) is 12.4 Å². The average molecular weight is 158 g/mol. The van der Waals surface area contributed by atoms with Gasteiger partial charge in [-0.1, -0.05) is 18.4 Å². The highest BCUT2D eigenvalue weighted by molar-refractivity contribution is 6.19. The lowest BCUT2D eigenvalue weighted by Gasteiger charge is -1.91. The summed E-state index contributed by atoms with van der Waals surface area (Å²) >= 11 is 5.24. The van der Waals surface area contributed by atoms with Crippen molar-refractivity contribution in [3.8, 4) is 11.8 Å². The first-order valence-electron chi connectivity index (χ1n) is 2.73. The lowest BCUT2D eigenvalue weighted by Crippen LogP contribution is -2.20. The highest BCUT2D eigenvalue weighted by Gasteiger charge is 1.86. The number of hydrogen-bond acceptors (Lipinski definition) is 1. The molecule has 0 heterocycles. The third-order valence-electron chi connectivity index (χ3n) is 0.728. The second-order valence-electron chi connectivity index (χ2n) is 1.41. The summed E-state index contributed by atoms with van der Waals surface area (Å²) in [7, 11) is 0. The van der Waals surface area contributed by atoms with Gasteiger partial charge in [0.15, 0.2) is 0 Å². The van der Waals surface area contributed by atoms with Crippen molar-refractivity contribution < 1.29 is 4.79 Å².